The molecular weight excluding hydrogens is 236 g/mol. The molecule has 0 bridgehead atoms. The second-order valence-electron chi connectivity index (χ2n) is 3.94. The third-order valence-electron chi connectivity index (χ3n) is 2.75. The average Bonchev–Trinajstić information content (AvgIpc) is 2.84. The van der Waals surface area contributed by atoms with E-state index in [2.05, 4.69) is 4.74 Å². The Bertz CT molecular complexity index is 518. The molecule has 0 aliphatic carbocycles. The van der Waals surface area contributed by atoms with Gasteiger partial charge < -0.3 is 9.47 Å². The van der Waals surface area contributed by atoms with Gasteiger partial charge in [0.1, 0.15) is 5.75 Å². The lowest BCUT2D eigenvalue weighted by molar-refractivity contribution is -0.151. The van der Waals surface area contributed by atoms with Gasteiger partial charge in [0.2, 0.25) is 5.78 Å². The van der Waals surface area contributed by atoms with E-state index >= 15 is 0 Å². The fourth-order valence-electron chi connectivity index (χ4n) is 1.79. The molecule has 1 aliphatic heterocycles. The van der Waals surface area contributed by atoms with Crippen LogP contribution in [0.3, 0.4) is 0 Å². The zero-order chi connectivity index (χ0) is 13.1. The molecule has 0 unspecified atom stereocenters. The molecule has 5 heteroatoms. The van der Waals surface area contributed by atoms with E-state index in [9.17, 15) is 14.4 Å². The number of methoxy groups -OCH3 is 1. The lowest BCUT2D eigenvalue weighted by atomic mass is 10.0. The minimum Gasteiger partial charge on any atom is -0.493 e. The Morgan fingerprint density at radius 3 is 2.83 bits per heavy atom. The molecule has 0 atom stereocenters. The predicted molar refractivity (Wildman–Crippen MR) is 61.6 cm³/mol. The molecule has 1 aliphatic rings. The number of carbonyl (C=O) groups excluding carboxylic acids is 3. The van der Waals surface area contributed by atoms with Crippen LogP contribution in [0.25, 0.3) is 0 Å². The highest BCUT2D eigenvalue weighted by atomic mass is 16.5. The molecule has 0 saturated heterocycles. The highest BCUT2D eigenvalue weighted by molar-refractivity contribution is 6.38. The summed E-state index contributed by atoms with van der Waals surface area (Å²) in [5, 5.41) is 0. The van der Waals surface area contributed by atoms with Crippen molar-refractivity contribution in [1.29, 1.82) is 0 Å². The first-order valence-electron chi connectivity index (χ1n) is 5.52. The monoisotopic (exact) mass is 248 g/mol. The third-order valence-corrected chi connectivity index (χ3v) is 2.75. The molecule has 0 fully saturated rings. The first-order chi connectivity index (χ1) is 8.61. The van der Waals surface area contributed by atoms with Gasteiger partial charge in [0.05, 0.1) is 20.1 Å². The van der Waals surface area contributed by atoms with Crippen LogP contribution >= 0.6 is 0 Å². The SMILES string of the molecule is COC(=O)C(=O)CC(=O)c1ccc2c(c1)CCO2. The predicted octanol–water partition coefficient (Wildman–Crippen LogP) is 0.936. The van der Waals surface area contributed by atoms with Gasteiger partial charge in [0.25, 0.3) is 0 Å². The number of benzene rings is 1. The number of rotatable bonds is 4. The molecule has 1 heterocycles. The molecular formula is C13H12O5. The number of hydrogen-bond acceptors (Lipinski definition) is 5. The summed E-state index contributed by atoms with van der Waals surface area (Å²) in [4.78, 5) is 34.0. The van der Waals surface area contributed by atoms with Crippen molar-refractivity contribution in [2.45, 2.75) is 12.8 Å². The normalized spacial score (nSPS) is 12.5. The van der Waals surface area contributed by atoms with Crippen molar-refractivity contribution in [3.05, 3.63) is 29.3 Å². The van der Waals surface area contributed by atoms with Crippen molar-refractivity contribution in [3.63, 3.8) is 0 Å². The van der Waals surface area contributed by atoms with Gasteiger partial charge in [-0.2, -0.15) is 0 Å². The van der Waals surface area contributed by atoms with Gasteiger partial charge >= 0.3 is 5.97 Å². The molecule has 18 heavy (non-hydrogen) atoms. The molecule has 2 rings (SSSR count). The van der Waals surface area contributed by atoms with Crippen molar-refractivity contribution >= 4 is 17.5 Å². The van der Waals surface area contributed by atoms with E-state index in [4.69, 9.17) is 4.74 Å². The van der Waals surface area contributed by atoms with Crippen LogP contribution in [0.2, 0.25) is 0 Å². The number of ketones is 2. The Morgan fingerprint density at radius 1 is 1.33 bits per heavy atom. The molecule has 0 spiro atoms. The average molecular weight is 248 g/mol. The quantitative estimate of drug-likeness (QED) is 0.343. The van der Waals surface area contributed by atoms with E-state index in [-0.39, 0.29) is 5.78 Å². The van der Waals surface area contributed by atoms with Crippen molar-refractivity contribution in [2.75, 3.05) is 13.7 Å². The highest BCUT2D eigenvalue weighted by Gasteiger charge is 2.21. The number of Topliss-reactive ketones (excluding diaryl/α,β-unsaturated/α-hetero) is 2. The maximum Gasteiger partial charge on any atom is 0.374 e. The zero-order valence-corrected chi connectivity index (χ0v) is 9.89. The summed E-state index contributed by atoms with van der Waals surface area (Å²) in [6, 6.07) is 5.00. The summed E-state index contributed by atoms with van der Waals surface area (Å²) in [5.74, 6) is -1.45. The second-order valence-corrected chi connectivity index (χ2v) is 3.94. The van der Waals surface area contributed by atoms with Crippen molar-refractivity contribution in [1.82, 2.24) is 0 Å². The van der Waals surface area contributed by atoms with Gasteiger partial charge in [-0.05, 0) is 23.8 Å². The van der Waals surface area contributed by atoms with E-state index in [1.165, 1.54) is 0 Å². The second kappa shape index (κ2) is 5.00. The molecule has 5 nitrogen and oxygen atoms in total. The smallest absolute Gasteiger partial charge is 0.374 e. The summed E-state index contributed by atoms with van der Waals surface area (Å²) in [5.41, 5.74) is 1.36. The van der Waals surface area contributed by atoms with Gasteiger partial charge in [-0.1, -0.05) is 0 Å². The van der Waals surface area contributed by atoms with E-state index in [1.807, 2.05) is 0 Å². The lowest BCUT2D eigenvalue weighted by Crippen LogP contribution is -2.19. The maximum atomic E-state index is 11.8. The minimum atomic E-state index is -0.993. The van der Waals surface area contributed by atoms with Crippen LogP contribution < -0.4 is 4.74 Å². The van der Waals surface area contributed by atoms with Crippen molar-refractivity contribution in [2.24, 2.45) is 0 Å². The van der Waals surface area contributed by atoms with Gasteiger partial charge in [-0.3, -0.25) is 9.59 Å². The summed E-state index contributed by atoms with van der Waals surface area (Å²) in [6.07, 6.45) is 0.285. The van der Waals surface area contributed by atoms with E-state index in [0.29, 0.717) is 12.2 Å². The Labute approximate surface area is 104 Å². The van der Waals surface area contributed by atoms with Gasteiger partial charge in [-0.25, -0.2) is 4.79 Å². The first kappa shape index (κ1) is 12.3. The van der Waals surface area contributed by atoms with Crippen LogP contribution in [-0.4, -0.2) is 31.3 Å². The Balaban J connectivity index is 2.10. The van der Waals surface area contributed by atoms with Gasteiger partial charge in [-0.15, -0.1) is 0 Å². The Hall–Kier alpha value is -2.17. The molecule has 1 aromatic carbocycles. The number of carbonyl (C=O) groups is 3. The summed E-state index contributed by atoms with van der Waals surface area (Å²) < 4.78 is 9.58. The summed E-state index contributed by atoms with van der Waals surface area (Å²) in [7, 11) is 1.11. The fourth-order valence-corrected chi connectivity index (χ4v) is 1.79. The van der Waals surface area contributed by atoms with Gasteiger partial charge in [0.15, 0.2) is 5.78 Å². The Kier molecular flexibility index (Phi) is 3.41. The zero-order valence-electron chi connectivity index (χ0n) is 9.89. The Morgan fingerprint density at radius 2 is 2.11 bits per heavy atom. The molecule has 0 radical (unpaired) electrons. The molecule has 0 amide bonds. The van der Waals surface area contributed by atoms with E-state index in [0.717, 1.165) is 24.8 Å². The first-order valence-corrected chi connectivity index (χ1v) is 5.52. The molecule has 0 aromatic heterocycles. The molecule has 0 N–H and O–H groups in total. The molecule has 0 saturated carbocycles. The van der Waals surface area contributed by atoms with Gasteiger partial charge in [0, 0.05) is 12.0 Å². The van der Waals surface area contributed by atoms with Crippen LogP contribution in [0.4, 0.5) is 0 Å². The van der Waals surface area contributed by atoms with Crippen molar-refractivity contribution < 1.29 is 23.9 Å². The summed E-state index contributed by atoms with van der Waals surface area (Å²) in [6.45, 7) is 0.605. The minimum absolute atomic E-state index is 0.389. The third kappa shape index (κ3) is 2.40. The maximum absolute atomic E-state index is 11.8. The van der Waals surface area contributed by atoms with E-state index < -0.39 is 18.2 Å². The molecule has 1 aromatic rings. The van der Waals surface area contributed by atoms with Crippen molar-refractivity contribution in [3.8, 4) is 5.75 Å². The van der Waals surface area contributed by atoms with Crippen LogP contribution in [0.1, 0.15) is 22.3 Å². The fraction of sp³-hybridized carbons (Fsp3) is 0.308. The van der Waals surface area contributed by atoms with Crippen LogP contribution in [0.15, 0.2) is 18.2 Å². The van der Waals surface area contributed by atoms with Crippen LogP contribution in [0, 0.1) is 0 Å². The largest absolute Gasteiger partial charge is 0.493 e. The number of fused-ring (bicyclic) bond motifs is 1. The lowest BCUT2D eigenvalue weighted by Gasteiger charge is -2.03. The molecule has 94 valence electrons. The topological polar surface area (TPSA) is 69.7 Å². The van der Waals surface area contributed by atoms with Crippen LogP contribution in [-0.2, 0) is 20.7 Å². The number of esters is 1. The standard InChI is InChI=1S/C13H12O5/c1-17-13(16)11(15)7-10(14)8-2-3-12-9(6-8)4-5-18-12/h2-3,6H,4-5,7H2,1H3. The van der Waals surface area contributed by atoms with E-state index in [1.54, 1.807) is 18.2 Å². The number of ether oxygens (including phenoxy) is 2. The highest BCUT2D eigenvalue weighted by Crippen LogP contribution is 2.26. The number of hydrogen-bond donors (Lipinski definition) is 0. The summed E-state index contributed by atoms with van der Waals surface area (Å²) >= 11 is 0. The van der Waals surface area contributed by atoms with Crippen LogP contribution in [0.5, 0.6) is 5.75 Å².